The lowest BCUT2D eigenvalue weighted by atomic mass is 10.1. The Hall–Kier alpha value is -2.45. The van der Waals surface area contributed by atoms with Crippen LogP contribution in [0.25, 0.3) is 11.1 Å². The molecule has 0 unspecified atom stereocenters. The van der Waals surface area contributed by atoms with Crippen LogP contribution in [-0.4, -0.2) is 13.6 Å². The number of hydrogen-bond donors (Lipinski definition) is 1. The maximum Gasteiger partial charge on any atom is 0.0412 e. The van der Waals surface area contributed by atoms with E-state index in [-0.39, 0.29) is 0 Å². The Morgan fingerprint density at radius 3 is 2.27 bits per heavy atom. The predicted molar refractivity (Wildman–Crippen MR) is 113 cm³/mol. The quantitative estimate of drug-likeness (QED) is 0.435. The molecule has 132 valence electrons. The molecular formula is C23H23ClN2. The van der Waals surface area contributed by atoms with Crippen molar-refractivity contribution in [1.29, 1.82) is 0 Å². The first-order valence-electron chi connectivity index (χ1n) is 9.14. The first-order valence-corrected chi connectivity index (χ1v) is 9.52. The summed E-state index contributed by atoms with van der Waals surface area (Å²) in [5, 5.41) is 4.32. The van der Waals surface area contributed by atoms with Crippen LogP contribution in [0.3, 0.4) is 0 Å². The summed E-state index contributed by atoms with van der Waals surface area (Å²) < 4.78 is 0. The van der Waals surface area contributed by atoms with Crippen LogP contribution in [0.2, 0.25) is 5.02 Å². The van der Waals surface area contributed by atoms with Crippen LogP contribution in [0, 0.1) is 0 Å². The molecule has 0 saturated heterocycles. The van der Waals surface area contributed by atoms with E-state index in [0.717, 1.165) is 35.8 Å². The number of rotatable bonds is 5. The van der Waals surface area contributed by atoms with Gasteiger partial charge in [0.05, 0.1) is 0 Å². The van der Waals surface area contributed by atoms with Gasteiger partial charge in [0.2, 0.25) is 0 Å². The van der Waals surface area contributed by atoms with E-state index < -0.39 is 0 Å². The fourth-order valence-electron chi connectivity index (χ4n) is 3.65. The standard InChI is InChI=1S/C23H23ClN2/c1-3-12-26(2)21-10-8-19(9-11-21)25-20-7-5-17-13-16-4-6-18(24)14-22(16)23(17)15-20/h4-11,14-15,25H,3,12-13H2,1-2H3. The predicted octanol–water partition coefficient (Wildman–Crippen LogP) is 6.50. The highest BCUT2D eigenvalue weighted by molar-refractivity contribution is 6.31. The fourth-order valence-corrected chi connectivity index (χ4v) is 3.82. The molecule has 0 heterocycles. The lowest BCUT2D eigenvalue weighted by Gasteiger charge is -2.18. The van der Waals surface area contributed by atoms with Crippen LogP contribution in [0.1, 0.15) is 24.5 Å². The van der Waals surface area contributed by atoms with E-state index in [4.69, 9.17) is 11.6 Å². The fraction of sp³-hybridized carbons (Fsp3) is 0.217. The zero-order valence-corrected chi connectivity index (χ0v) is 16.0. The molecule has 0 aliphatic heterocycles. The van der Waals surface area contributed by atoms with Gasteiger partial charge in [0, 0.05) is 35.7 Å². The zero-order chi connectivity index (χ0) is 18.1. The van der Waals surface area contributed by atoms with E-state index in [1.54, 1.807) is 0 Å². The van der Waals surface area contributed by atoms with Gasteiger partial charge in [0.1, 0.15) is 0 Å². The largest absolute Gasteiger partial charge is 0.375 e. The number of nitrogens with one attached hydrogen (secondary N) is 1. The van der Waals surface area contributed by atoms with Crippen LogP contribution >= 0.6 is 11.6 Å². The number of halogens is 1. The highest BCUT2D eigenvalue weighted by Gasteiger charge is 2.18. The van der Waals surface area contributed by atoms with Gasteiger partial charge in [0.25, 0.3) is 0 Å². The van der Waals surface area contributed by atoms with Gasteiger partial charge in [-0.1, -0.05) is 30.7 Å². The number of anilines is 3. The van der Waals surface area contributed by atoms with Gasteiger partial charge in [-0.15, -0.1) is 0 Å². The highest BCUT2D eigenvalue weighted by Crippen LogP contribution is 2.39. The van der Waals surface area contributed by atoms with Crippen molar-refractivity contribution in [3.05, 3.63) is 76.8 Å². The van der Waals surface area contributed by atoms with Crippen LogP contribution in [0.15, 0.2) is 60.7 Å². The van der Waals surface area contributed by atoms with Crippen LogP contribution in [0.4, 0.5) is 17.1 Å². The van der Waals surface area contributed by atoms with Crippen molar-refractivity contribution in [3.63, 3.8) is 0 Å². The molecule has 3 aromatic carbocycles. The van der Waals surface area contributed by atoms with Gasteiger partial charge in [-0.2, -0.15) is 0 Å². The Labute approximate surface area is 160 Å². The van der Waals surface area contributed by atoms with Crippen molar-refractivity contribution < 1.29 is 0 Å². The molecule has 3 heteroatoms. The van der Waals surface area contributed by atoms with Gasteiger partial charge < -0.3 is 10.2 Å². The highest BCUT2D eigenvalue weighted by atomic mass is 35.5. The average Bonchev–Trinajstić information content (AvgIpc) is 3.00. The zero-order valence-electron chi connectivity index (χ0n) is 15.2. The van der Waals surface area contributed by atoms with Gasteiger partial charge in [-0.3, -0.25) is 0 Å². The van der Waals surface area contributed by atoms with Gasteiger partial charge in [-0.05, 0) is 83.6 Å². The van der Waals surface area contributed by atoms with Crippen molar-refractivity contribution in [2.45, 2.75) is 19.8 Å². The molecule has 0 aromatic heterocycles. The van der Waals surface area contributed by atoms with Crippen LogP contribution in [-0.2, 0) is 6.42 Å². The second kappa shape index (κ2) is 7.05. The molecular weight excluding hydrogens is 340 g/mol. The summed E-state index contributed by atoms with van der Waals surface area (Å²) in [5.41, 5.74) is 8.71. The lowest BCUT2D eigenvalue weighted by molar-refractivity contribution is 0.852. The third-order valence-electron chi connectivity index (χ3n) is 5.01. The molecule has 0 fully saturated rings. The van der Waals surface area contributed by atoms with Crippen molar-refractivity contribution in [3.8, 4) is 11.1 Å². The van der Waals surface area contributed by atoms with Crippen LogP contribution < -0.4 is 10.2 Å². The third-order valence-corrected chi connectivity index (χ3v) is 5.24. The summed E-state index contributed by atoms with van der Waals surface area (Å²) in [6, 6.07) is 21.4. The number of hydrogen-bond acceptors (Lipinski definition) is 2. The van der Waals surface area contributed by atoms with E-state index in [1.165, 1.54) is 27.9 Å². The number of fused-ring (bicyclic) bond motifs is 3. The van der Waals surface area contributed by atoms with E-state index in [9.17, 15) is 0 Å². The summed E-state index contributed by atoms with van der Waals surface area (Å²) in [4.78, 5) is 2.28. The Bertz CT molecular complexity index is 931. The molecule has 0 atom stereocenters. The minimum absolute atomic E-state index is 0.793. The molecule has 1 aliphatic rings. The Kier molecular flexibility index (Phi) is 4.60. The van der Waals surface area contributed by atoms with Gasteiger partial charge in [0.15, 0.2) is 0 Å². The van der Waals surface area contributed by atoms with Crippen molar-refractivity contribution >= 4 is 28.7 Å². The molecule has 1 aliphatic carbocycles. The number of benzene rings is 3. The molecule has 3 aromatic rings. The summed E-state index contributed by atoms with van der Waals surface area (Å²) in [5.74, 6) is 0. The van der Waals surface area contributed by atoms with Gasteiger partial charge >= 0.3 is 0 Å². The lowest BCUT2D eigenvalue weighted by Crippen LogP contribution is -2.17. The minimum Gasteiger partial charge on any atom is -0.375 e. The average molecular weight is 363 g/mol. The summed E-state index contributed by atoms with van der Waals surface area (Å²) in [6.07, 6.45) is 2.14. The summed E-state index contributed by atoms with van der Waals surface area (Å²) in [6.45, 7) is 3.27. The molecule has 26 heavy (non-hydrogen) atoms. The maximum absolute atomic E-state index is 6.20. The molecule has 4 rings (SSSR count). The summed E-state index contributed by atoms with van der Waals surface area (Å²) in [7, 11) is 2.13. The van der Waals surface area contributed by atoms with Crippen LogP contribution in [0.5, 0.6) is 0 Å². The molecule has 0 amide bonds. The maximum atomic E-state index is 6.20. The molecule has 1 N–H and O–H groups in total. The second-order valence-corrected chi connectivity index (χ2v) is 7.38. The second-order valence-electron chi connectivity index (χ2n) is 6.94. The normalized spacial score (nSPS) is 11.8. The molecule has 2 nitrogen and oxygen atoms in total. The van der Waals surface area contributed by atoms with E-state index >= 15 is 0 Å². The Morgan fingerprint density at radius 2 is 1.54 bits per heavy atom. The monoisotopic (exact) mass is 362 g/mol. The topological polar surface area (TPSA) is 15.3 Å². The van der Waals surface area contributed by atoms with E-state index in [0.29, 0.717) is 0 Å². The first kappa shape index (κ1) is 17.0. The smallest absolute Gasteiger partial charge is 0.0412 e. The SMILES string of the molecule is CCCN(C)c1ccc(Nc2ccc3c(c2)-c2cc(Cl)ccc2C3)cc1. The Balaban J connectivity index is 1.56. The first-order chi connectivity index (χ1) is 12.6. The summed E-state index contributed by atoms with van der Waals surface area (Å²) >= 11 is 6.20. The molecule has 0 bridgehead atoms. The molecule has 0 spiro atoms. The van der Waals surface area contributed by atoms with E-state index in [2.05, 4.69) is 78.8 Å². The van der Waals surface area contributed by atoms with Crippen molar-refractivity contribution in [1.82, 2.24) is 0 Å². The number of nitrogens with zero attached hydrogens (tertiary/aromatic N) is 1. The van der Waals surface area contributed by atoms with E-state index in [1.807, 2.05) is 6.07 Å². The van der Waals surface area contributed by atoms with Gasteiger partial charge in [-0.25, -0.2) is 0 Å². The van der Waals surface area contributed by atoms with Crippen molar-refractivity contribution in [2.75, 3.05) is 23.8 Å². The third kappa shape index (κ3) is 3.30. The minimum atomic E-state index is 0.793. The molecule has 0 radical (unpaired) electrons. The molecule has 0 saturated carbocycles. The Morgan fingerprint density at radius 1 is 0.885 bits per heavy atom. The van der Waals surface area contributed by atoms with Crippen molar-refractivity contribution in [2.24, 2.45) is 0 Å².